The molecule has 2 N–H and O–H groups in total. The summed E-state index contributed by atoms with van der Waals surface area (Å²) in [4.78, 5) is 31.5. The first-order valence-corrected chi connectivity index (χ1v) is 10.4. The summed E-state index contributed by atoms with van der Waals surface area (Å²) in [6.45, 7) is 0.678. The molecule has 164 valence electrons. The maximum atomic E-state index is 13.1. The van der Waals surface area contributed by atoms with Gasteiger partial charge in [0, 0.05) is 30.9 Å². The fourth-order valence-electron chi connectivity index (χ4n) is 3.96. The summed E-state index contributed by atoms with van der Waals surface area (Å²) in [6, 6.07) is 18.6. The Bertz CT molecular complexity index is 1120. The molecule has 2 aromatic carbocycles. The highest BCUT2D eigenvalue weighted by Crippen LogP contribution is 2.27. The number of methoxy groups -OCH3 is 1. The lowest BCUT2D eigenvalue weighted by molar-refractivity contribution is -0.153. The number of aromatic nitrogens is 1. The van der Waals surface area contributed by atoms with Gasteiger partial charge in [0.1, 0.15) is 5.75 Å². The van der Waals surface area contributed by atoms with Crippen molar-refractivity contribution in [1.82, 2.24) is 9.88 Å². The topological polar surface area (TPSA) is 94.8 Å². The van der Waals surface area contributed by atoms with Gasteiger partial charge in [-0.1, -0.05) is 36.4 Å². The van der Waals surface area contributed by atoms with Gasteiger partial charge < -0.3 is 20.1 Å². The van der Waals surface area contributed by atoms with Crippen molar-refractivity contribution in [2.24, 2.45) is 5.73 Å². The molecule has 0 saturated carbocycles. The van der Waals surface area contributed by atoms with Crippen molar-refractivity contribution in [2.75, 3.05) is 26.8 Å². The zero-order valence-corrected chi connectivity index (χ0v) is 17.9. The highest BCUT2D eigenvalue weighted by molar-refractivity contribution is 5.95. The molecular weight excluding hydrogens is 406 g/mol. The normalized spacial score (nSPS) is 18.2. The molecule has 3 aromatic rings. The summed E-state index contributed by atoms with van der Waals surface area (Å²) < 4.78 is 11.2. The van der Waals surface area contributed by atoms with Gasteiger partial charge in [-0.25, -0.2) is 0 Å². The highest BCUT2D eigenvalue weighted by atomic mass is 16.5. The Balaban J connectivity index is 1.58. The second-order valence-electron chi connectivity index (χ2n) is 7.78. The van der Waals surface area contributed by atoms with Crippen LogP contribution in [0, 0.1) is 0 Å². The zero-order valence-electron chi connectivity index (χ0n) is 17.9. The summed E-state index contributed by atoms with van der Waals surface area (Å²) in [7, 11) is 1.55. The number of carbonyl (C=O) groups excluding carboxylic acids is 2. The van der Waals surface area contributed by atoms with Crippen LogP contribution in [0.1, 0.15) is 15.9 Å². The number of hydrogen-bond acceptors (Lipinski definition) is 5. The molecule has 0 bridgehead atoms. The molecule has 2 heterocycles. The van der Waals surface area contributed by atoms with E-state index in [9.17, 15) is 9.59 Å². The third-order valence-corrected chi connectivity index (χ3v) is 5.65. The predicted molar refractivity (Wildman–Crippen MR) is 120 cm³/mol. The fraction of sp³-hybridized carbons (Fsp3) is 0.240. The number of ether oxygens (including phenoxy) is 2. The largest absolute Gasteiger partial charge is 0.497 e. The number of amides is 2. The van der Waals surface area contributed by atoms with E-state index in [2.05, 4.69) is 4.98 Å². The van der Waals surface area contributed by atoms with Crippen LogP contribution in [0.3, 0.4) is 0 Å². The minimum Gasteiger partial charge on any atom is -0.497 e. The Labute approximate surface area is 186 Å². The first-order valence-electron chi connectivity index (χ1n) is 10.4. The molecule has 0 spiro atoms. The lowest BCUT2D eigenvalue weighted by Gasteiger charge is -2.40. The van der Waals surface area contributed by atoms with Crippen LogP contribution in [-0.4, -0.2) is 54.1 Å². The van der Waals surface area contributed by atoms with Gasteiger partial charge >= 0.3 is 0 Å². The van der Waals surface area contributed by atoms with Crippen molar-refractivity contribution < 1.29 is 19.1 Å². The maximum absolute atomic E-state index is 13.1. The third-order valence-electron chi connectivity index (χ3n) is 5.65. The van der Waals surface area contributed by atoms with Crippen molar-refractivity contribution in [3.8, 4) is 16.9 Å². The molecule has 1 atom stereocenters. The van der Waals surface area contributed by atoms with Crippen LogP contribution in [0.25, 0.3) is 11.1 Å². The van der Waals surface area contributed by atoms with Crippen LogP contribution in [-0.2, 0) is 16.0 Å². The van der Waals surface area contributed by atoms with E-state index in [1.165, 1.54) is 0 Å². The molecule has 7 heteroatoms. The predicted octanol–water partition coefficient (Wildman–Crippen LogP) is 2.70. The smallest absolute Gasteiger partial charge is 0.254 e. The number of nitrogens with zero attached hydrogens (tertiary/aromatic N) is 2. The molecule has 1 saturated heterocycles. The minimum absolute atomic E-state index is 0.0789. The van der Waals surface area contributed by atoms with E-state index in [0.29, 0.717) is 17.9 Å². The maximum Gasteiger partial charge on any atom is 0.254 e. The van der Waals surface area contributed by atoms with Crippen LogP contribution in [0.15, 0.2) is 73.1 Å². The van der Waals surface area contributed by atoms with Crippen LogP contribution >= 0.6 is 0 Å². The first kappa shape index (κ1) is 21.5. The van der Waals surface area contributed by atoms with Crippen LogP contribution in [0.2, 0.25) is 0 Å². The average molecular weight is 431 g/mol. The number of hydrogen-bond donors (Lipinski definition) is 1. The number of primary amides is 1. The van der Waals surface area contributed by atoms with E-state index in [0.717, 1.165) is 16.7 Å². The standard InChI is InChI=1S/C25H25N3O4/c1-31-22-9-3-7-20(14-22)23(29)28-11-12-32-25(17-28,24(26)30)15-18-5-2-6-19(13-18)21-8-4-10-27-16-21/h2-10,13-14,16H,11-12,15,17H2,1H3,(H2,26,30)/t25-/m1/s1. The van der Waals surface area contributed by atoms with E-state index in [1.807, 2.05) is 36.4 Å². The van der Waals surface area contributed by atoms with Gasteiger partial charge in [0.15, 0.2) is 5.60 Å². The summed E-state index contributed by atoms with van der Waals surface area (Å²) in [5.74, 6) is -0.188. The lowest BCUT2D eigenvalue weighted by Crippen LogP contribution is -2.61. The minimum atomic E-state index is -1.31. The first-order chi connectivity index (χ1) is 15.5. The fourth-order valence-corrected chi connectivity index (χ4v) is 3.96. The Morgan fingerprint density at radius 2 is 1.94 bits per heavy atom. The highest BCUT2D eigenvalue weighted by Gasteiger charge is 2.44. The van der Waals surface area contributed by atoms with E-state index < -0.39 is 11.5 Å². The van der Waals surface area contributed by atoms with Crippen molar-refractivity contribution in [3.05, 3.63) is 84.2 Å². The Hall–Kier alpha value is -3.71. The second-order valence-corrected chi connectivity index (χ2v) is 7.78. The molecule has 1 aliphatic heterocycles. The van der Waals surface area contributed by atoms with Gasteiger partial charge in [0.05, 0.1) is 20.3 Å². The van der Waals surface area contributed by atoms with Crippen LogP contribution in [0.5, 0.6) is 5.75 Å². The quantitative estimate of drug-likeness (QED) is 0.648. The van der Waals surface area contributed by atoms with Crippen LogP contribution in [0.4, 0.5) is 0 Å². The number of rotatable bonds is 6. The van der Waals surface area contributed by atoms with Crippen molar-refractivity contribution in [3.63, 3.8) is 0 Å². The molecule has 7 nitrogen and oxygen atoms in total. The second kappa shape index (κ2) is 9.20. The SMILES string of the molecule is COc1cccc(C(=O)N2CCO[C@@](Cc3cccc(-c4cccnc4)c3)(C(N)=O)C2)c1. The average Bonchev–Trinajstić information content (AvgIpc) is 2.84. The molecule has 0 aliphatic carbocycles. The van der Waals surface area contributed by atoms with Gasteiger partial charge in [0.25, 0.3) is 11.8 Å². The Morgan fingerprint density at radius 3 is 2.69 bits per heavy atom. The molecule has 4 rings (SSSR count). The molecule has 0 unspecified atom stereocenters. The number of pyridine rings is 1. The van der Waals surface area contributed by atoms with Gasteiger partial charge in [-0.3, -0.25) is 14.6 Å². The molecule has 32 heavy (non-hydrogen) atoms. The van der Waals surface area contributed by atoms with E-state index >= 15 is 0 Å². The summed E-state index contributed by atoms with van der Waals surface area (Å²) in [5, 5.41) is 0. The number of nitrogens with two attached hydrogens (primary N) is 1. The Kier molecular flexibility index (Phi) is 6.18. The molecule has 1 aliphatic rings. The summed E-state index contributed by atoms with van der Waals surface area (Å²) in [5.41, 5.74) is 7.84. The van der Waals surface area contributed by atoms with Crippen LogP contribution < -0.4 is 10.5 Å². The summed E-state index contributed by atoms with van der Waals surface area (Å²) >= 11 is 0. The molecule has 0 radical (unpaired) electrons. The number of morpholine rings is 1. The van der Waals surface area contributed by atoms with Gasteiger partial charge in [0.2, 0.25) is 0 Å². The zero-order chi connectivity index (χ0) is 22.6. The number of carbonyl (C=O) groups is 2. The molecule has 2 amide bonds. The van der Waals surface area contributed by atoms with E-state index in [-0.39, 0.29) is 25.5 Å². The lowest BCUT2D eigenvalue weighted by atomic mass is 9.90. The van der Waals surface area contributed by atoms with Crippen molar-refractivity contribution >= 4 is 11.8 Å². The summed E-state index contributed by atoms with van der Waals surface area (Å²) in [6.07, 6.45) is 3.77. The third kappa shape index (κ3) is 4.48. The number of benzene rings is 2. The van der Waals surface area contributed by atoms with E-state index in [1.54, 1.807) is 48.7 Å². The van der Waals surface area contributed by atoms with Gasteiger partial charge in [-0.15, -0.1) is 0 Å². The van der Waals surface area contributed by atoms with Crippen molar-refractivity contribution in [1.29, 1.82) is 0 Å². The molecular formula is C25H25N3O4. The Morgan fingerprint density at radius 1 is 1.12 bits per heavy atom. The van der Waals surface area contributed by atoms with Gasteiger partial charge in [-0.2, -0.15) is 0 Å². The monoisotopic (exact) mass is 431 g/mol. The van der Waals surface area contributed by atoms with E-state index in [4.69, 9.17) is 15.2 Å². The van der Waals surface area contributed by atoms with Gasteiger partial charge in [-0.05, 0) is 41.0 Å². The molecule has 1 aromatic heterocycles. The molecule has 1 fully saturated rings. The van der Waals surface area contributed by atoms with Crippen molar-refractivity contribution in [2.45, 2.75) is 12.0 Å².